The number of amides is 2. The van der Waals surface area contributed by atoms with Crippen LogP contribution in [0.25, 0.3) is 6.08 Å². The van der Waals surface area contributed by atoms with Gasteiger partial charge in [-0.05, 0) is 77.5 Å². The summed E-state index contributed by atoms with van der Waals surface area (Å²) < 4.78 is 18.2. The Morgan fingerprint density at radius 1 is 1.03 bits per heavy atom. The summed E-state index contributed by atoms with van der Waals surface area (Å²) in [5.74, 6) is -1.14. The minimum Gasteiger partial charge on any atom is -0.423 e. The van der Waals surface area contributed by atoms with E-state index in [-0.39, 0.29) is 23.3 Å². The molecule has 1 fully saturated rings. The van der Waals surface area contributed by atoms with Crippen LogP contribution in [0, 0.1) is 5.82 Å². The molecule has 0 atom stereocenters. The number of hydrogen-bond acceptors (Lipinski definition) is 5. The number of halogens is 2. The van der Waals surface area contributed by atoms with Crippen molar-refractivity contribution in [1.82, 2.24) is 4.90 Å². The number of imide groups is 1. The molecular weight excluding hydrogens is 453 g/mol. The molecule has 3 aromatic rings. The largest absolute Gasteiger partial charge is 0.423 e. The van der Waals surface area contributed by atoms with Crippen molar-refractivity contribution < 1.29 is 23.5 Å². The van der Waals surface area contributed by atoms with E-state index in [9.17, 15) is 18.8 Å². The molecule has 0 unspecified atom stereocenters. The molecule has 1 saturated heterocycles. The van der Waals surface area contributed by atoms with Crippen LogP contribution in [0.5, 0.6) is 5.75 Å². The molecule has 0 spiro atoms. The van der Waals surface area contributed by atoms with Crippen LogP contribution in [-0.2, 0) is 11.3 Å². The summed E-state index contributed by atoms with van der Waals surface area (Å²) in [7, 11) is 0. The molecule has 3 aromatic carbocycles. The van der Waals surface area contributed by atoms with Crippen molar-refractivity contribution in [1.29, 1.82) is 0 Å². The van der Waals surface area contributed by atoms with Crippen LogP contribution in [0.15, 0.2) is 77.7 Å². The molecule has 2 amide bonds. The summed E-state index contributed by atoms with van der Waals surface area (Å²) in [6.45, 7) is 0.140. The SMILES string of the molecule is O=C(Oc1ccc(/C=C2\SC(=O)N(Cc3cccc(Cl)c3)C2=O)cc1)c1ccc(F)cc1. The second-order valence-corrected chi connectivity index (χ2v) is 8.29. The highest BCUT2D eigenvalue weighted by Crippen LogP contribution is 2.33. The van der Waals surface area contributed by atoms with Gasteiger partial charge in [-0.25, -0.2) is 9.18 Å². The molecule has 0 aliphatic carbocycles. The molecule has 0 bridgehead atoms. The summed E-state index contributed by atoms with van der Waals surface area (Å²) in [6, 6.07) is 18.5. The van der Waals surface area contributed by atoms with Gasteiger partial charge in [0.1, 0.15) is 11.6 Å². The fraction of sp³-hybridized carbons (Fsp3) is 0.0417. The minimum atomic E-state index is -0.611. The first-order chi connectivity index (χ1) is 15.4. The predicted octanol–water partition coefficient (Wildman–Crippen LogP) is 5.93. The Morgan fingerprint density at radius 2 is 1.75 bits per heavy atom. The molecule has 1 aliphatic rings. The Bertz CT molecular complexity index is 1230. The standard InChI is InChI=1S/C24H15ClFNO4S/c25-18-3-1-2-16(12-18)14-27-22(28)21(32-24(27)30)13-15-4-10-20(11-5-15)31-23(29)17-6-8-19(26)9-7-17/h1-13H,14H2/b21-13-. The molecule has 0 radical (unpaired) electrons. The number of carbonyl (C=O) groups is 3. The smallest absolute Gasteiger partial charge is 0.343 e. The number of benzene rings is 3. The third-order valence-electron chi connectivity index (χ3n) is 4.57. The van der Waals surface area contributed by atoms with Crippen molar-refractivity contribution in [2.45, 2.75) is 6.54 Å². The summed E-state index contributed by atoms with van der Waals surface area (Å²) >= 11 is 6.84. The van der Waals surface area contributed by atoms with Crippen molar-refractivity contribution in [2.24, 2.45) is 0 Å². The van der Waals surface area contributed by atoms with Gasteiger partial charge in [-0.1, -0.05) is 35.9 Å². The summed E-state index contributed by atoms with van der Waals surface area (Å²) in [5, 5.41) is 0.177. The number of esters is 1. The second kappa shape index (κ2) is 9.38. The van der Waals surface area contributed by atoms with Gasteiger partial charge in [0.25, 0.3) is 11.1 Å². The van der Waals surface area contributed by atoms with Crippen LogP contribution in [0.3, 0.4) is 0 Å². The zero-order valence-electron chi connectivity index (χ0n) is 16.5. The zero-order chi connectivity index (χ0) is 22.7. The third-order valence-corrected chi connectivity index (χ3v) is 5.71. The van der Waals surface area contributed by atoms with Gasteiger partial charge in [0.2, 0.25) is 0 Å². The van der Waals surface area contributed by atoms with E-state index in [1.165, 1.54) is 29.2 Å². The van der Waals surface area contributed by atoms with E-state index < -0.39 is 11.8 Å². The van der Waals surface area contributed by atoms with E-state index in [1.807, 2.05) is 0 Å². The van der Waals surface area contributed by atoms with E-state index in [1.54, 1.807) is 54.6 Å². The van der Waals surface area contributed by atoms with Gasteiger partial charge in [0, 0.05) is 5.02 Å². The number of ether oxygens (including phenoxy) is 1. The average molecular weight is 468 g/mol. The quantitative estimate of drug-likeness (QED) is 0.264. The maximum Gasteiger partial charge on any atom is 0.343 e. The van der Waals surface area contributed by atoms with Crippen LogP contribution >= 0.6 is 23.4 Å². The van der Waals surface area contributed by atoms with E-state index in [0.717, 1.165) is 17.3 Å². The van der Waals surface area contributed by atoms with Crippen molar-refractivity contribution in [2.75, 3.05) is 0 Å². The Labute approximate surface area is 192 Å². The number of hydrogen-bond donors (Lipinski definition) is 0. The Hall–Kier alpha value is -3.42. The van der Waals surface area contributed by atoms with E-state index >= 15 is 0 Å². The number of nitrogens with zero attached hydrogens (tertiary/aromatic N) is 1. The summed E-state index contributed by atoms with van der Waals surface area (Å²) in [6.07, 6.45) is 1.61. The summed E-state index contributed by atoms with van der Waals surface area (Å²) in [4.78, 5) is 38.6. The molecule has 160 valence electrons. The molecule has 5 nitrogen and oxygen atoms in total. The van der Waals surface area contributed by atoms with Crippen LogP contribution < -0.4 is 4.74 Å². The van der Waals surface area contributed by atoms with Gasteiger partial charge in [-0.3, -0.25) is 14.5 Å². The van der Waals surface area contributed by atoms with Gasteiger partial charge in [-0.2, -0.15) is 0 Å². The average Bonchev–Trinajstić information content (AvgIpc) is 3.03. The Balaban J connectivity index is 1.43. The Kier molecular flexibility index (Phi) is 6.39. The fourth-order valence-electron chi connectivity index (χ4n) is 2.99. The van der Waals surface area contributed by atoms with Crippen molar-refractivity contribution in [3.8, 4) is 5.75 Å². The monoisotopic (exact) mass is 467 g/mol. The number of thioether (sulfide) groups is 1. The van der Waals surface area contributed by atoms with E-state index in [4.69, 9.17) is 16.3 Å². The van der Waals surface area contributed by atoms with Crippen molar-refractivity contribution in [3.05, 3.63) is 105 Å². The molecule has 4 rings (SSSR count). The highest BCUT2D eigenvalue weighted by atomic mass is 35.5. The third kappa shape index (κ3) is 5.07. The normalized spacial score (nSPS) is 14.8. The first-order valence-electron chi connectivity index (χ1n) is 9.47. The molecule has 1 heterocycles. The van der Waals surface area contributed by atoms with Gasteiger partial charge >= 0.3 is 5.97 Å². The van der Waals surface area contributed by atoms with Crippen LogP contribution in [0.4, 0.5) is 9.18 Å². The fourth-order valence-corrected chi connectivity index (χ4v) is 4.04. The first kappa shape index (κ1) is 21.8. The molecular formula is C24H15ClFNO4S. The lowest BCUT2D eigenvalue weighted by atomic mass is 10.2. The first-order valence-corrected chi connectivity index (χ1v) is 10.7. The van der Waals surface area contributed by atoms with Gasteiger partial charge < -0.3 is 4.74 Å². The highest BCUT2D eigenvalue weighted by molar-refractivity contribution is 8.18. The topological polar surface area (TPSA) is 63.7 Å². The van der Waals surface area contributed by atoms with Crippen molar-refractivity contribution >= 4 is 46.6 Å². The van der Waals surface area contributed by atoms with Gasteiger partial charge in [0.05, 0.1) is 17.0 Å². The van der Waals surface area contributed by atoms with Crippen LogP contribution in [0.1, 0.15) is 21.5 Å². The van der Waals surface area contributed by atoms with Crippen LogP contribution in [0.2, 0.25) is 5.02 Å². The Morgan fingerprint density at radius 3 is 2.44 bits per heavy atom. The summed E-state index contributed by atoms with van der Waals surface area (Å²) in [5.41, 5.74) is 1.65. The molecule has 8 heteroatoms. The second-order valence-electron chi connectivity index (χ2n) is 6.86. The highest BCUT2D eigenvalue weighted by Gasteiger charge is 2.35. The predicted molar refractivity (Wildman–Crippen MR) is 121 cm³/mol. The van der Waals surface area contributed by atoms with Gasteiger partial charge in [-0.15, -0.1) is 0 Å². The maximum absolute atomic E-state index is 13.0. The molecule has 0 saturated carbocycles. The zero-order valence-corrected chi connectivity index (χ0v) is 18.0. The number of rotatable bonds is 5. The van der Waals surface area contributed by atoms with Crippen molar-refractivity contribution in [3.63, 3.8) is 0 Å². The van der Waals surface area contributed by atoms with Gasteiger partial charge in [0.15, 0.2) is 0 Å². The lowest BCUT2D eigenvalue weighted by Gasteiger charge is -2.12. The number of carbonyl (C=O) groups excluding carboxylic acids is 3. The molecule has 32 heavy (non-hydrogen) atoms. The van der Waals surface area contributed by atoms with E-state index in [0.29, 0.717) is 21.2 Å². The minimum absolute atomic E-state index is 0.140. The molecule has 0 aromatic heterocycles. The van der Waals surface area contributed by atoms with Crippen LogP contribution in [-0.4, -0.2) is 22.0 Å². The molecule has 0 N–H and O–H groups in total. The maximum atomic E-state index is 13.0. The molecule has 1 aliphatic heterocycles. The van der Waals surface area contributed by atoms with E-state index in [2.05, 4.69) is 0 Å². The lowest BCUT2D eigenvalue weighted by Crippen LogP contribution is -2.27. The lowest BCUT2D eigenvalue weighted by molar-refractivity contribution is -0.123.